The molecule has 6 rings (SSSR count). The number of rotatable bonds is 10. The van der Waals surface area contributed by atoms with E-state index >= 15 is 0 Å². The second-order valence-corrected chi connectivity index (χ2v) is 12.1. The molecule has 0 spiro atoms. The summed E-state index contributed by atoms with van der Waals surface area (Å²) in [4.78, 5) is 48.8. The number of amides is 2. The molecule has 3 aliphatic heterocycles. The summed E-state index contributed by atoms with van der Waals surface area (Å²) in [5.74, 6) is -3.09. The third-order valence-corrected chi connectivity index (χ3v) is 9.41. The summed E-state index contributed by atoms with van der Waals surface area (Å²) in [5, 5.41) is 10.3. The Morgan fingerprint density at radius 3 is 2.64 bits per heavy atom. The van der Waals surface area contributed by atoms with E-state index in [0.29, 0.717) is 33.4 Å². The highest BCUT2D eigenvalue weighted by Gasteiger charge is 2.58. The minimum Gasteiger partial charge on any atom is -1.00 e. The van der Waals surface area contributed by atoms with Crippen molar-refractivity contribution in [2.24, 2.45) is 10.9 Å². The highest BCUT2D eigenvalue weighted by Crippen LogP contribution is 2.46. The van der Waals surface area contributed by atoms with E-state index in [1.165, 1.54) is 21.2 Å². The van der Waals surface area contributed by atoms with E-state index in [9.17, 15) is 18.8 Å². The van der Waals surface area contributed by atoms with Crippen LogP contribution in [0.4, 0.5) is 10.2 Å². The Balaban J connectivity index is 0.00000433. The van der Waals surface area contributed by atoms with E-state index in [2.05, 4.69) is 25.2 Å². The largest absolute Gasteiger partial charge is 1.00 e. The van der Waals surface area contributed by atoms with Crippen molar-refractivity contribution >= 4 is 58.9 Å². The van der Waals surface area contributed by atoms with Gasteiger partial charge in [0.25, 0.3) is 5.91 Å². The SMILES string of the molecule is CON=C(F)C(=O)N[C@@H]1C(=O)N2C(C(=O)OCc3ccc(OC)cc3)=C(C[n+]3ccc(N)n4nccc43)C(N3C=C(N)SN3)S[C@@H]12.[I-]. The molecule has 1 aromatic carbocycles. The van der Waals surface area contributed by atoms with Gasteiger partial charge in [0.1, 0.15) is 53.5 Å². The molecule has 1 saturated heterocycles. The predicted octanol–water partition coefficient (Wildman–Crippen LogP) is -2.90. The number of anilines is 1. The summed E-state index contributed by atoms with van der Waals surface area (Å²) < 4.78 is 28.4. The number of hydrogen-bond donors (Lipinski definition) is 4. The quantitative estimate of drug-likeness (QED) is 0.0311. The first-order chi connectivity index (χ1) is 22.2. The fraction of sp³-hybridized carbons (Fsp3) is 0.259. The van der Waals surface area contributed by atoms with E-state index in [1.54, 1.807) is 67.1 Å². The Morgan fingerprint density at radius 2 is 1.96 bits per heavy atom. The maximum absolute atomic E-state index is 14.1. The number of nitrogens with zero attached hydrogens (tertiary/aromatic N) is 6. The summed E-state index contributed by atoms with van der Waals surface area (Å²) in [6.45, 7) is -0.00509. The number of β-lactam (4-membered cyclic amide) rings is 1. The van der Waals surface area contributed by atoms with E-state index in [0.717, 1.165) is 19.1 Å². The average molecular weight is 799 g/mol. The highest BCUT2D eigenvalue weighted by atomic mass is 127. The summed E-state index contributed by atoms with van der Waals surface area (Å²) in [6, 6.07) is 9.19. The number of esters is 1. The van der Waals surface area contributed by atoms with Gasteiger partial charge in [0.15, 0.2) is 0 Å². The summed E-state index contributed by atoms with van der Waals surface area (Å²) in [7, 11) is 2.63. The number of nitrogens with one attached hydrogen (secondary N) is 2. The molecule has 16 nitrogen and oxygen atoms in total. The molecule has 3 atom stereocenters. The monoisotopic (exact) mass is 798 g/mol. The molecule has 2 amide bonds. The fourth-order valence-corrected chi connectivity index (χ4v) is 7.23. The Kier molecular flexibility index (Phi) is 10.3. The number of thioether (sulfide) groups is 1. The maximum atomic E-state index is 14.1. The van der Waals surface area contributed by atoms with Crippen molar-refractivity contribution in [2.45, 2.75) is 29.9 Å². The number of benzene rings is 1. The zero-order chi connectivity index (χ0) is 32.5. The van der Waals surface area contributed by atoms with Gasteiger partial charge in [-0.05, 0) is 34.8 Å². The lowest BCUT2D eigenvalue weighted by Gasteiger charge is -2.52. The van der Waals surface area contributed by atoms with Crippen LogP contribution in [0.1, 0.15) is 5.56 Å². The molecular formula is C27H28FIN10O6S2. The van der Waals surface area contributed by atoms with E-state index in [4.69, 9.17) is 20.9 Å². The first-order valence-electron chi connectivity index (χ1n) is 13.6. The molecule has 0 bridgehead atoms. The molecule has 20 heteroatoms. The number of carbonyl (C=O) groups excluding carboxylic acids is 3. The Hall–Kier alpha value is -4.28. The number of nitrogen functional groups attached to an aromatic ring is 1. The second-order valence-electron chi connectivity index (χ2n) is 10.0. The molecule has 1 fully saturated rings. The van der Waals surface area contributed by atoms with Crippen molar-refractivity contribution < 1.29 is 61.6 Å². The first kappa shape index (κ1) is 34.1. The normalized spacial score (nSPS) is 20.7. The number of fused-ring (bicyclic) bond motifs is 2. The van der Waals surface area contributed by atoms with Crippen LogP contribution in [0.2, 0.25) is 0 Å². The van der Waals surface area contributed by atoms with E-state index < -0.39 is 40.5 Å². The van der Waals surface area contributed by atoms with Gasteiger partial charge in [-0.25, -0.2) is 9.36 Å². The van der Waals surface area contributed by atoms with Crippen LogP contribution in [0.3, 0.4) is 0 Å². The third-order valence-electron chi connectivity index (χ3n) is 7.24. The Morgan fingerprint density at radius 1 is 1.19 bits per heavy atom. The third kappa shape index (κ3) is 6.62. The molecule has 3 aliphatic rings. The number of halogens is 2. The molecule has 6 N–H and O–H groups in total. The Labute approximate surface area is 292 Å². The van der Waals surface area contributed by atoms with Gasteiger partial charge in [0, 0.05) is 17.8 Å². The van der Waals surface area contributed by atoms with Crippen LogP contribution < -0.4 is 54.9 Å². The van der Waals surface area contributed by atoms with Crippen LogP contribution in [0.15, 0.2) is 76.4 Å². The molecule has 0 radical (unpaired) electrons. The van der Waals surface area contributed by atoms with Crippen LogP contribution in [0.25, 0.3) is 5.65 Å². The van der Waals surface area contributed by atoms with Crippen LogP contribution in [-0.4, -0.2) is 74.3 Å². The van der Waals surface area contributed by atoms with Crippen molar-refractivity contribution in [1.29, 1.82) is 0 Å². The van der Waals surface area contributed by atoms with Crippen LogP contribution in [0, 0.1) is 0 Å². The number of hydrogen-bond acceptors (Lipinski definition) is 14. The van der Waals surface area contributed by atoms with Gasteiger partial charge in [-0.2, -0.15) is 9.22 Å². The van der Waals surface area contributed by atoms with Crippen LogP contribution in [-0.2, 0) is 37.1 Å². The van der Waals surface area contributed by atoms with Gasteiger partial charge in [-0.1, -0.05) is 21.7 Å². The summed E-state index contributed by atoms with van der Waals surface area (Å²) >= 11 is 2.40. The summed E-state index contributed by atoms with van der Waals surface area (Å²) in [5.41, 5.74) is 13.9. The predicted molar refractivity (Wildman–Crippen MR) is 164 cm³/mol. The van der Waals surface area contributed by atoms with Crippen molar-refractivity contribution in [3.05, 3.63) is 76.9 Å². The van der Waals surface area contributed by atoms with Crippen molar-refractivity contribution in [3.8, 4) is 5.75 Å². The smallest absolute Gasteiger partial charge is 0.355 e. The van der Waals surface area contributed by atoms with Gasteiger partial charge in [-0.3, -0.25) is 19.5 Å². The topological polar surface area (TPSA) is 195 Å². The highest BCUT2D eigenvalue weighted by molar-refractivity contribution is 8.02. The summed E-state index contributed by atoms with van der Waals surface area (Å²) in [6.07, 6.45) is 4.98. The van der Waals surface area contributed by atoms with Crippen LogP contribution >= 0.6 is 23.7 Å². The Bertz CT molecular complexity index is 1810. The lowest BCUT2D eigenvalue weighted by Crippen LogP contribution is -3.00. The lowest BCUT2D eigenvalue weighted by atomic mass is 10.0. The van der Waals surface area contributed by atoms with Gasteiger partial charge < -0.3 is 55.1 Å². The number of aromatic nitrogens is 3. The molecule has 3 aromatic rings. The minimum absolute atomic E-state index is 0. The molecule has 5 heterocycles. The number of oxime groups is 1. The van der Waals surface area contributed by atoms with Gasteiger partial charge in [-0.15, -0.1) is 11.8 Å². The number of carbonyl (C=O) groups is 3. The fourth-order valence-electron chi connectivity index (χ4n) is 5.09. The second kappa shape index (κ2) is 14.2. The minimum atomic E-state index is -1.46. The van der Waals surface area contributed by atoms with Gasteiger partial charge in [0.05, 0.1) is 25.6 Å². The lowest BCUT2D eigenvalue weighted by molar-refractivity contribution is -0.666. The average Bonchev–Trinajstić information content (AvgIpc) is 3.74. The molecule has 2 aromatic heterocycles. The maximum Gasteiger partial charge on any atom is 0.355 e. The van der Waals surface area contributed by atoms with Crippen molar-refractivity contribution in [1.82, 2.24) is 29.7 Å². The molecule has 248 valence electrons. The standard InChI is InChI=1S/C27H27FN10O6S2.HI/c1-42-15-5-3-14(4-6-15)13-44-27(41)21-16(11-35-10-8-17(29)38-19(35)7-9-31-38)25(36-12-18(30)46-34-36)45-26-20(24(40)37(21)26)32-23(39)22(28)33-43-2;/h3-10,12,20,25-26,29,34H,11,13,30H2,1-2H3,(H,32,39);1H/t20-,25?,26+;/m1./s1. The zero-order valence-electron chi connectivity index (χ0n) is 24.7. The number of ether oxygens (including phenoxy) is 2. The number of nitrogens with two attached hydrogens (primary N) is 2. The number of hydrazine groups is 1. The van der Waals surface area contributed by atoms with Crippen molar-refractivity contribution in [2.75, 3.05) is 20.0 Å². The van der Waals surface area contributed by atoms with Crippen molar-refractivity contribution in [3.63, 3.8) is 0 Å². The van der Waals surface area contributed by atoms with Gasteiger partial charge in [0.2, 0.25) is 5.82 Å². The van der Waals surface area contributed by atoms with Crippen LogP contribution in [0.5, 0.6) is 5.75 Å². The van der Waals surface area contributed by atoms with Gasteiger partial charge >= 0.3 is 23.5 Å². The molecule has 1 unspecified atom stereocenters. The van der Waals surface area contributed by atoms with E-state index in [1.807, 2.05) is 4.57 Å². The number of methoxy groups -OCH3 is 1. The van der Waals surface area contributed by atoms with E-state index in [-0.39, 0.29) is 42.8 Å². The molecule has 0 aliphatic carbocycles. The zero-order valence-corrected chi connectivity index (χ0v) is 28.5. The molecule has 47 heavy (non-hydrogen) atoms. The first-order valence-corrected chi connectivity index (χ1v) is 15.3. The molecular weight excluding hydrogens is 770 g/mol. The molecule has 0 saturated carbocycles.